The van der Waals surface area contributed by atoms with Gasteiger partial charge in [-0.3, -0.25) is 0 Å². The van der Waals surface area contributed by atoms with Gasteiger partial charge in [0, 0.05) is 24.7 Å². The van der Waals surface area contributed by atoms with Gasteiger partial charge in [-0.25, -0.2) is 17.2 Å². The Morgan fingerprint density at radius 3 is 2.29 bits per heavy atom. The molecule has 0 aliphatic carbocycles. The normalized spacial score (nSPS) is 11.9. The lowest BCUT2D eigenvalue weighted by atomic mass is 10.2. The summed E-state index contributed by atoms with van der Waals surface area (Å²) in [5, 5.41) is 0. The molecule has 0 N–H and O–H groups in total. The van der Waals surface area contributed by atoms with Crippen molar-refractivity contribution in [3.63, 3.8) is 0 Å². The molecule has 0 spiro atoms. The van der Waals surface area contributed by atoms with E-state index in [0.29, 0.717) is 6.42 Å². The Bertz CT molecular complexity index is 789. The van der Waals surface area contributed by atoms with Crippen LogP contribution >= 0.6 is 0 Å². The number of sulfonamides is 1. The summed E-state index contributed by atoms with van der Waals surface area (Å²) in [4.78, 5) is 0.173. The van der Waals surface area contributed by atoms with Crippen molar-refractivity contribution in [2.24, 2.45) is 0 Å². The molecule has 3 nitrogen and oxygen atoms in total. The second-order valence-electron chi connectivity index (χ2n) is 5.74. The molecule has 24 heavy (non-hydrogen) atoms. The molecule has 0 heterocycles. The molecule has 2 aromatic rings. The number of nitrogens with zero attached hydrogens (tertiary/aromatic N) is 1. The summed E-state index contributed by atoms with van der Waals surface area (Å²) < 4.78 is 53.9. The average Bonchev–Trinajstić information content (AvgIpc) is 2.53. The number of unbranched alkanes of at least 4 members (excludes halogenated alkanes) is 1. The second kappa shape index (κ2) is 7.85. The first-order valence-electron chi connectivity index (χ1n) is 7.85. The first-order valence-corrected chi connectivity index (χ1v) is 9.29. The molecular formula is C18H21F2NO2S. The van der Waals surface area contributed by atoms with Gasteiger partial charge in [-0.05, 0) is 31.5 Å². The minimum absolute atomic E-state index is 0.123. The van der Waals surface area contributed by atoms with Crippen molar-refractivity contribution in [3.8, 4) is 0 Å². The van der Waals surface area contributed by atoms with E-state index in [1.165, 1.54) is 10.4 Å². The van der Waals surface area contributed by atoms with E-state index in [-0.39, 0.29) is 23.5 Å². The van der Waals surface area contributed by atoms with Crippen LogP contribution in [0.2, 0.25) is 0 Å². The van der Waals surface area contributed by atoms with Crippen molar-refractivity contribution >= 4 is 10.0 Å². The van der Waals surface area contributed by atoms with Gasteiger partial charge in [-0.15, -0.1) is 0 Å². The van der Waals surface area contributed by atoms with Crippen LogP contribution in [0, 0.1) is 18.6 Å². The highest BCUT2D eigenvalue weighted by molar-refractivity contribution is 7.89. The smallest absolute Gasteiger partial charge is 0.207 e. The van der Waals surface area contributed by atoms with Crippen molar-refractivity contribution < 1.29 is 17.2 Å². The lowest BCUT2D eigenvalue weighted by Crippen LogP contribution is -2.32. The van der Waals surface area contributed by atoms with E-state index in [2.05, 4.69) is 0 Å². The van der Waals surface area contributed by atoms with Crippen molar-refractivity contribution in [1.82, 2.24) is 4.31 Å². The van der Waals surface area contributed by atoms with Crippen LogP contribution in [0.1, 0.15) is 30.9 Å². The first-order chi connectivity index (χ1) is 11.3. The molecule has 0 amide bonds. The molecule has 130 valence electrons. The molecule has 0 bridgehead atoms. The van der Waals surface area contributed by atoms with Gasteiger partial charge in [-0.2, -0.15) is 4.31 Å². The summed E-state index contributed by atoms with van der Waals surface area (Å²) in [6, 6.07) is 9.73. The van der Waals surface area contributed by atoms with Gasteiger partial charge in [0.1, 0.15) is 11.6 Å². The van der Waals surface area contributed by atoms with E-state index in [4.69, 9.17) is 0 Å². The maximum absolute atomic E-state index is 13.9. The minimum atomic E-state index is -3.74. The van der Waals surface area contributed by atoms with Crippen LogP contribution in [0.5, 0.6) is 0 Å². The van der Waals surface area contributed by atoms with Crippen LogP contribution in [0.3, 0.4) is 0 Å². The van der Waals surface area contributed by atoms with E-state index >= 15 is 0 Å². The predicted molar refractivity (Wildman–Crippen MR) is 90.0 cm³/mol. The monoisotopic (exact) mass is 353 g/mol. The molecule has 2 rings (SSSR count). The van der Waals surface area contributed by atoms with Gasteiger partial charge in [0.2, 0.25) is 10.0 Å². The molecule has 2 aromatic carbocycles. The van der Waals surface area contributed by atoms with Crippen LogP contribution in [0.4, 0.5) is 8.78 Å². The van der Waals surface area contributed by atoms with Crippen LogP contribution in [-0.2, 0) is 16.6 Å². The Kier molecular flexibility index (Phi) is 6.07. The Hall–Kier alpha value is -1.79. The number of rotatable bonds is 7. The zero-order valence-corrected chi connectivity index (χ0v) is 14.6. The molecule has 0 unspecified atom stereocenters. The SMILES string of the molecule is CCCCN(Cc1ccc(F)cc1F)S(=O)(=O)c1ccc(C)cc1. The third kappa shape index (κ3) is 4.39. The van der Waals surface area contributed by atoms with Gasteiger partial charge in [0.25, 0.3) is 0 Å². The molecular weight excluding hydrogens is 332 g/mol. The summed E-state index contributed by atoms with van der Waals surface area (Å²) in [5.74, 6) is -1.42. The standard InChI is InChI=1S/C18H21F2NO2S/c1-3-4-11-21(13-15-7-8-16(19)12-18(15)20)24(22,23)17-9-5-14(2)6-10-17/h5-10,12H,3-4,11,13H2,1-2H3. The molecule has 0 atom stereocenters. The van der Waals surface area contributed by atoms with Gasteiger partial charge in [-0.1, -0.05) is 37.1 Å². The molecule has 0 aromatic heterocycles. The highest BCUT2D eigenvalue weighted by atomic mass is 32.2. The summed E-state index contributed by atoms with van der Waals surface area (Å²) in [7, 11) is -3.74. The lowest BCUT2D eigenvalue weighted by Gasteiger charge is -2.22. The van der Waals surface area contributed by atoms with Crippen molar-refractivity contribution in [3.05, 3.63) is 65.2 Å². The topological polar surface area (TPSA) is 37.4 Å². The Balaban J connectivity index is 2.34. The van der Waals surface area contributed by atoms with Gasteiger partial charge in [0.15, 0.2) is 0 Å². The van der Waals surface area contributed by atoms with E-state index in [1.54, 1.807) is 24.3 Å². The highest BCUT2D eigenvalue weighted by Crippen LogP contribution is 2.21. The van der Waals surface area contributed by atoms with Crippen molar-refractivity contribution in [1.29, 1.82) is 0 Å². The number of hydrogen-bond donors (Lipinski definition) is 0. The zero-order chi connectivity index (χ0) is 17.7. The fraction of sp³-hybridized carbons (Fsp3) is 0.333. The minimum Gasteiger partial charge on any atom is -0.207 e. The van der Waals surface area contributed by atoms with Gasteiger partial charge < -0.3 is 0 Å². The quantitative estimate of drug-likeness (QED) is 0.746. The second-order valence-corrected chi connectivity index (χ2v) is 7.68. The van der Waals surface area contributed by atoms with Gasteiger partial charge in [0.05, 0.1) is 4.90 Å². The molecule has 0 saturated carbocycles. The summed E-state index contributed by atoms with van der Waals surface area (Å²) >= 11 is 0. The molecule has 6 heteroatoms. The fourth-order valence-electron chi connectivity index (χ4n) is 2.32. The van der Waals surface area contributed by atoms with Crippen LogP contribution in [-0.4, -0.2) is 19.3 Å². The van der Waals surface area contributed by atoms with Crippen molar-refractivity contribution in [2.75, 3.05) is 6.54 Å². The fourth-order valence-corrected chi connectivity index (χ4v) is 3.77. The van der Waals surface area contributed by atoms with Crippen LogP contribution < -0.4 is 0 Å². The van der Waals surface area contributed by atoms with Crippen LogP contribution in [0.15, 0.2) is 47.4 Å². The van der Waals surface area contributed by atoms with E-state index in [1.807, 2.05) is 13.8 Å². The van der Waals surface area contributed by atoms with Crippen molar-refractivity contribution in [2.45, 2.75) is 38.1 Å². The van der Waals surface area contributed by atoms with Crippen LogP contribution in [0.25, 0.3) is 0 Å². The molecule has 0 aliphatic heterocycles. The lowest BCUT2D eigenvalue weighted by molar-refractivity contribution is 0.390. The number of aryl methyl sites for hydroxylation is 1. The molecule has 0 radical (unpaired) electrons. The van der Waals surface area contributed by atoms with Gasteiger partial charge >= 0.3 is 0 Å². The highest BCUT2D eigenvalue weighted by Gasteiger charge is 2.25. The largest absolute Gasteiger partial charge is 0.243 e. The van der Waals surface area contributed by atoms with E-state index < -0.39 is 21.7 Å². The maximum Gasteiger partial charge on any atom is 0.243 e. The number of hydrogen-bond acceptors (Lipinski definition) is 2. The Morgan fingerprint density at radius 2 is 1.71 bits per heavy atom. The summed E-state index contributed by atoms with van der Waals surface area (Å²) in [6.45, 7) is 3.99. The molecule has 0 aliphatic rings. The number of halogens is 2. The molecule has 0 saturated heterocycles. The predicted octanol–water partition coefficient (Wildman–Crippen LogP) is 4.26. The van der Waals surface area contributed by atoms with E-state index in [0.717, 1.165) is 24.1 Å². The maximum atomic E-state index is 13.9. The summed E-state index contributed by atoms with van der Waals surface area (Å²) in [6.07, 6.45) is 1.47. The Morgan fingerprint density at radius 1 is 1.04 bits per heavy atom. The summed E-state index contributed by atoms with van der Waals surface area (Å²) in [5.41, 5.74) is 1.11. The van der Waals surface area contributed by atoms with E-state index in [9.17, 15) is 17.2 Å². The first kappa shape index (κ1) is 18.5. The third-order valence-corrected chi connectivity index (χ3v) is 5.64. The average molecular weight is 353 g/mol. The number of benzene rings is 2. The Labute approximate surface area is 142 Å². The molecule has 0 fully saturated rings. The third-order valence-electron chi connectivity index (χ3n) is 3.78. The zero-order valence-electron chi connectivity index (χ0n) is 13.8.